The molecule has 0 aliphatic rings. The predicted molar refractivity (Wildman–Crippen MR) is 56.5 cm³/mol. The van der Waals surface area contributed by atoms with Gasteiger partial charge in [-0.2, -0.15) is 0 Å². The number of nitrogen functional groups attached to an aromatic ring is 1. The first-order chi connectivity index (χ1) is 6.57. The Hall–Kier alpha value is -1.51. The molecule has 0 saturated heterocycles. The van der Waals surface area contributed by atoms with E-state index in [9.17, 15) is 4.79 Å². The molecular formula is C11H15NO2. The Morgan fingerprint density at radius 1 is 1.50 bits per heavy atom. The van der Waals surface area contributed by atoms with Crippen LogP contribution in [0.4, 0.5) is 5.69 Å². The molecule has 0 saturated carbocycles. The first-order valence-electron chi connectivity index (χ1n) is 4.69. The van der Waals surface area contributed by atoms with Crippen molar-refractivity contribution in [2.24, 2.45) is 0 Å². The van der Waals surface area contributed by atoms with E-state index in [4.69, 9.17) is 10.8 Å². The van der Waals surface area contributed by atoms with Crippen LogP contribution in [0.3, 0.4) is 0 Å². The highest BCUT2D eigenvalue weighted by atomic mass is 16.4. The first kappa shape index (κ1) is 10.6. The van der Waals surface area contributed by atoms with E-state index in [0.717, 1.165) is 24.0 Å². The molecule has 0 atom stereocenters. The summed E-state index contributed by atoms with van der Waals surface area (Å²) in [5, 5.41) is 8.96. The summed E-state index contributed by atoms with van der Waals surface area (Å²) in [5.41, 5.74) is 8.05. The Kier molecular flexibility index (Phi) is 3.12. The van der Waals surface area contributed by atoms with Gasteiger partial charge in [-0.15, -0.1) is 0 Å². The van der Waals surface area contributed by atoms with Gasteiger partial charge in [-0.1, -0.05) is 19.4 Å². The highest BCUT2D eigenvalue weighted by Gasteiger charge is 2.13. The molecular weight excluding hydrogens is 178 g/mol. The number of carboxylic acid groups (broad SMARTS) is 1. The number of hydrogen-bond donors (Lipinski definition) is 2. The minimum atomic E-state index is -0.946. The summed E-state index contributed by atoms with van der Waals surface area (Å²) >= 11 is 0. The fourth-order valence-electron chi connectivity index (χ4n) is 1.60. The number of carboxylic acids is 1. The van der Waals surface area contributed by atoms with Gasteiger partial charge in [0.2, 0.25) is 0 Å². The van der Waals surface area contributed by atoms with Crippen LogP contribution >= 0.6 is 0 Å². The van der Waals surface area contributed by atoms with Gasteiger partial charge in [0.15, 0.2) is 0 Å². The standard InChI is InChI=1S/C11H15NO2/c1-3-4-8-5-6-9(12)10(7(8)2)11(13)14/h5-6H,3-4,12H2,1-2H3,(H,13,14). The van der Waals surface area contributed by atoms with Gasteiger partial charge in [0.05, 0.1) is 5.56 Å². The fraction of sp³-hybridized carbons (Fsp3) is 0.364. The molecule has 1 aromatic carbocycles. The highest BCUT2D eigenvalue weighted by Crippen LogP contribution is 2.21. The third-order valence-electron chi connectivity index (χ3n) is 2.34. The minimum Gasteiger partial charge on any atom is -0.478 e. The van der Waals surface area contributed by atoms with E-state index >= 15 is 0 Å². The number of anilines is 1. The zero-order chi connectivity index (χ0) is 10.7. The number of nitrogens with two attached hydrogens (primary N) is 1. The van der Waals surface area contributed by atoms with Crippen LogP contribution in [-0.2, 0) is 6.42 Å². The molecule has 0 aliphatic heterocycles. The van der Waals surface area contributed by atoms with Crippen molar-refractivity contribution in [2.75, 3.05) is 5.73 Å². The number of rotatable bonds is 3. The van der Waals surface area contributed by atoms with E-state index in [1.807, 2.05) is 13.0 Å². The summed E-state index contributed by atoms with van der Waals surface area (Å²) in [6.07, 6.45) is 1.90. The molecule has 1 aromatic rings. The van der Waals surface area contributed by atoms with Gasteiger partial charge in [-0.25, -0.2) is 4.79 Å². The van der Waals surface area contributed by atoms with Crippen molar-refractivity contribution in [3.05, 3.63) is 28.8 Å². The van der Waals surface area contributed by atoms with Crippen molar-refractivity contribution >= 4 is 11.7 Å². The highest BCUT2D eigenvalue weighted by molar-refractivity contribution is 5.95. The maximum Gasteiger partial charge on any atom is 0.338 e. The maximum absolute atomic E-state index is 10.9. The molecule has 0 heterocycles. The van der Waals surface area contributed by atoms with Crippen LogP contribution in [0.5, 0.6) is 0 Å². The van der Waals surface area contributed by atoms with E-state index in [1.54, 1.807) is 6.07 Å². The van der Waals surface area contributed by atoms with Gasteiger partial charge in [0, 0.05) is 5.69 Å². The monoisotopic (exact) mass is 193 g/mol. The molecule has 1 rings (SSSR count). The van der Waals surface area contributed by atoms with Crippen molar-refractivity contribution in [3.8, 4) is 0 Å². The van der Waals surface area contributed by atoms with Crippen molar-refractivity contribution in [1.82, 2.24) is 0 Å². The summed E-state index contributed by atoms with van der Waals surface area (Å²) in [6, 6.07) is 3.57. The van der Waals surface area contributed by atoms with Crippen LogP contribution in [0.25, 0.3) is 0 Å². The van der Waals surface area contributed by atoms with Crippen LogP contribution < -0.4 is 5.73 Å². The van der Waals surface area contributed by atoms with Gasteiger partial charge >= 0.3 is 5.97 Å². The molecule has 0 bridgehead atoms. The van der Waals surface area contributed by atoms with E-state index in [2.05, 4.69) is 6.92 Å². The Balaban J connectivity index is 3.26. The average molecular weight is 193 g/mol. The average Bonchev–Trinajstić information content (AvgIpc) is 2.10. The normalized spacial score (nSPS) is 10.1. The lowest BCUT2D eigenvalue weighted by atomic mass is 9.98. The number of carbonyl (C=O) groups is 1. The molecule has 0 fully saturated rings. The molecule has 0 unspecified atom stereocenters. The second kappa shape index (κ2) is 4.13. The zero-order valence-corrected chi connectivity index (χ0v) is 8.50. The van der Waals surface area contributed by atoms with Crippen LogP contribution in [0, 0.1) is 6.92 Å². The molecule has 0 spiro atoms. The van der Waals surface area contributed by atoms with E-state index in [-0.39, 0.29) is 5.56 Å². The molecule has 0 radical (unpaired) electrons. The third kappa shape index (κ3) is 1.87. The minimum absolute atomic E-state index is 0.246. The zero-order valence-electron chi connectivity index (χ0n) is 8.50. The van der Waals surface area contributed by atoms with Crippen LogP contribution in [0.15, 0.2) is 12.1 Å². The number of benzene rings is 1. The van der Waals surface area contributed by atoms with E-state index in [1.165, 1.54) is 0 Å². The molecule has 0 aromatic heterocycles. The summed E-state index contributed by atoms with van der Waals surface area (Å²) in [5.74, 6) is -0.946. The molecule has 3 heteroatoms. The lowest BCUT2D eigenvalue weighted by Crippen LogP contribution is -2.07. The van der Waals surface area contributed by atoms with Gasteiger partial charge in [0.25, 0.3) is 0 Å². The maximum atomic E-state index is 10.9. The van der Waals surface area contributed by atoms with E-state index in [0.29, 0.717) is 5.69 Å². The van der Waals surface area contributed by atoms with E-state index < -0.39 is 5.97 Å². The fourth-order valence-corrected chi connectivity index (χ4v) is 1.60. The van der Waals surface area contributed by atoms with Crippen molar-refractivity contribution < 1.29 is 9.90 Å². The van der Waals surface area contributed by atoms with Crippen molar-refractivity contribution in [3.63, 3.8) is 0 Å². The third-order valence-corrected chi connectivity index (χ3v) is 2.34. The van der Waals surface area contributed by atoms with Crippen molar-refractivity contribution in [1.29, 1.82) is 0 Å². The van der Waals surface area contributed by atoms with Gasteiger partial charge in [-0.05, 0) is 30.5 Å². The predicted octanol–water partition coefficient (Wildman–Crippen LogP) is 2.23. The topological polar surface area (TPSA) is 63.3 Å². The smallest absolute Gasteiger partial charge is 0.338 e. The summed E-state index contributed by atoms with van der Waals surface area (Å²) in [7, 11) is 0. The van der Waals surface area contributed by atoms with Gasteiger partial charge in [-0.3, -0.25) is 0 Å². The lowest BCUT2D eigenvalue weighted by Gasteiger charge is -2.09. The summed E-state index contributed by atoms with van der Waals surface area (Å²) in [6.45, 7) is 3.88. The number of hydrogen-bond acceptors (Lipinski definition) is 2. The molecule has 76 valence electrons. The Morgan fingerprint density at radius 3 is 2.64 bits per heavy atom. The largest absolute Gasteiger partial charge is 0.478 e. The molecule has 0 amide bonds. The first-order valence-corrected chi connectivity index (χ1v) is 4.69. The Labute approximate surface area is 83.6 Å². The molecule has 3 N–H and O–H groups in total. The molecule has 14 heavy (non-hydrogen) atoms. The second-order valence-corrected chi connectivity index (χ2v) is 3.37. The van der Waals surface area contributed by atoms with Crippen molar-refractivity contribution in [2.45, 2.75) is 26.7 Å². The SMILES string of the molecule is CCCc1ccc(N)c(C(=O)O)c1C. The number of aromatic carboxylic acids is 1. The van der Waals surface area contributed by atoms with Gasteiger partial charge in [0.1, 0.15) is 0 Å². The van der Waals surface area contributed by atoms with Crippen LogP contribution in [0.1, 0.15) is 34.8 Å². The Morgan fingerprint density at radius 2 is 2.14 bits per heavy atom. The van der Waals surface area contributed by atoms with Gasteiger partial charge < -0.3 is 10.8 Å². The molecule has 0 aliphatic carbocycles. The number of aryl methyl sites for hydroxylation is 1. The Bertz CT molecular complexity index is 359. The molecule has 3 nitrogen and oxygen atoms in total. The van der Waals surface area contributed by atoms with Crippen LogP contribution in [-0.4, -0.2) is 11.1 Å². The quantitative estimate of drug-likeness (QED) is 0.723. The summed E-state index contributed by atoms with van der Waals surface area (Å²) < 4.78 is 0. The summed E-state index contributed by atoms with van der Waals surface area (Å²) in [4.78, 5) is 10.9. The van der Waals surface area contributed by atoms with Crippen LogP contribution in [0.2, 0.25) is 0 Å². The second-order valence-electron chi connectivity index (χ2n) is 3.37. The lowest BCUT2D eigenvalue weighted by molar-refractivity contribution is 0.0697.